The van der Waals surface area contributed by atoms with E-state index in [-0.39, 0.29) is 29.9 Å². The van der Waals surface area contributed by atoms with Crippen LogP contribution in [-0.4, -0.2) is 41.5 Å². The minimum atomic E-state index is -3.77. The Bertz CT molecular complexity index is 950. The highest BCUT2D eigenvalue weighted by Crippen LogP contribution is 2.25. The summed E-state index contributed by atoms with van der Waals surface area (Å²) in [5.41, 5.74) is 0.841. The highest BCUT2D eigenvalue weighted by atomic mass is 32.2. The summed E-state index contributed by atoms with van der Waals surface area (Å²) in [5, 5.41) is 7.43. The number of hydrogen-bond acceptors (Lipinski definition) is 5. The fourth-order valence-corrected chi connectivity index (χ4v) is 5.49. The molecule has 2 atom stereocenters. The van der Waals surface area contributed by atoms with E-state index in [2.05, 4.69) is 17.3 Å². The number of sulfonamides is 1. The van der Waals surface area contributed by atoms with Crippen LogP contribution in [0.4, 0.5) is 0 Å². The molecular weight excluding hydrogens is 392 g/mol. The Balaban J connectivity index is 1.74. The van der Waals surface area contributed by atoms with Crippen molar-refractivity contribution in [3.8, 4) is 0 Å². The lowest BCUT2D eigenvalue weighted by Gasteiger charge is -2.29. The Kier molecular flexibility index (Phi) is 6.48. The highest BCUT2D eigenvalue weighted by Gasteiger charge is 2.30. The van der Waals surface area contributed by atoms with E-state index in [1.54, 1.807) is 26.0 Å². The first-order valence-corrected chi connectivity index (χ1v) is 11.5. The molecule has 0 bridgehead atoms. The molecule has 0 saturated heterocycles. The predicted octanol–water partition coefficient (Wildman–Crippen LogP) is 2.61. The van der Waals surface area contributed by atoms with Crippen molar-refractivity contribution >= 4 is 15.9 Å². The molecule has 160 valence electrons. The third-order valence-electron chi connectivity index (χ3n) is 5.69. The minimum Gasteiger partial charge on any atom is -0.468 e. The van der Waals surface area contributed by atoms with E-state index >= 15 is 0 Å². The smallest absolute Gasteiger partial charge is 0.246 e. The zero-order valence-electron chi connectivity index (χ0n) is 17.5. The zero-order valence-corrected chi connectivity index (χ0v) is 18.3. The van der Waals surface area contributed by atoms with Crippen LogP contribution in [0.3, 0.4) is 0 Å². The Morgan fingerprint density at radius 1 is 1.34 bits per heavy atom. The van der Waals surface area contributed by atoms with Crippen molar-refractivity contribution in [2.75, 3.05) is 7.05 Å². The van der Waals surface area contributed by atoms with Gasteiger partial charge >= 0.3 is 0 Å². The SMILES string of the molecule is Cc1nn(CC(=O)N[C@@H]2CCCC[C@H]2C)c(C)c1S(=O)(=O)N(C)Cc1ccco1. The summed E-state index contributed by atoms with van der Waals surface area (Å²) in [6.07, 6.45) is 5.95. The first-order valence-electron chi connectivity index (χ1n) is 10.0. The number of carbonyl (C=O) groups excluding carboxylic acids is 1. The first-order chi connectivity index (χ1) is 13.7. The van der Waals surface area contributed by atoms with Crippen LogP contribution in [0.15, 0.2) is 27.7 Å². The molecule has 2 aromatic heterocycles. The minimum absolute atomic E-state index is 0.00725. The van der Waals surface area contributed by atoms with Crippen molar-refractivity contribution in [1.29, 1.82) is 0 Å². The largest absolute Gasteiger partial charge is 0.468 e. The number of carbonyl (C=O) groups is 1. The van der Waals surface area contributed by atoms with Gasteiger partial charge in [-0.05, 0) is 44.7 Å². The second-order valence-corrected chi connectivity index (χ2v) is 9.92. The van der Waals surface area contributed by atoms with Gasteiger partial charge in [-0.25, -0.2) is 8.42 Å². The summed E-state index contributed by atoms with van der Waals surface area (Å²) < 4.78 is 34.1. The van der Waals surface area contributed by atoms with Gasteiger partial charge in [-0.2, -0.15) is 9.40 Å². The van der Waals surface area contributed by atoms with Gasteiger partial charge in [-0.15, -0.1) is 0 Å². The van der Waals surface area contributed by atoms with Gasteiger partial charge in [0.1, 0.15) is 17.2 Å². The number of aryl methyl sites for hydroxylation is 1. The van der Waals surface area contributed by atoms with Crippen LogP contribution in [0.5, 0.6) is 0 Å². The number of hydrogen-bond donors (Lipinski definition) is 1. The van der Waals surface area contributed by atoms with Gasteiger partial charge in [-0.3, -0.25) is 9.48 Å². The molecule has 0 spiro atoms. The molecular formula is C20H30N4O4S. The van der Waals surface area contributed by atoms with Gasteiger partial charge in [0, 0.05) is 13.1 Å². The lowest BCUT2D eigenvalue weighted by Crippen LogP contribution is -2.42. The molecule has 0 aromatic carbocycles. The van der Waals surface area contributed by atoms with Crippen molar-refractivity contribution < 1.29 is 17.6 Å². The van der Waals surface area contributed by atoms with Gasteiger partial charge in [-0.1, -0.05) is 19.8 Å². The molecule has 3 rings (SSSR count). The number of furan rings is 1. The molecule has 29 heavy (non-hydrogen) atoms. The molecule has 1 amide bonds. The maximum atomic E-state index is 13.1. The normalized spacial score (nSPS) is 20.2. The number of nitrogens with zero attached hydrogens (tertiary/aromatic N) is 3. The maximum absolute atomic E-state index is 13.1. The second kappa shape index (κ2) is 8.71. The molecule has 1 fully saturated rings. The van der Waals surface area contributed by atoms with E-state index in [0.717, 1.165) is 19.3 Å². The zero-order chi connectivity index (χ0) is 21.2. The Morgan fingerprint density at radius 3 is 2.72 bits per heavy atom. The van der Waals surface area contributed by atoms with Gasteiger partial charge in [0.2, 0.25) is 15.9 Å². The number of amides is 1. The standard InChI is InChI=1S/C20H30N4O4S/c1-14-8-5-6-10-18(14)21-19(25)13-24-16(3)20(15(2)22-24)29(26,27)23(4)12-17-9-7-11-28-17/h7,9,11,14,18H,5-6,8,10,12-13H2,1-4H3,(H,21,25)/t14-,18-/m1/s1. The van der Waals surface area contributed by atoms with Crippen LogP contribution >= 0.6 is 0 Å². The Labute approximate surface area is 172 Å². The highest BCUT2D eigenvalue weighted by molar-refractivity contribution is 7.89. The summed E-state index contributed by atoms with van der Waals surface area (Å²) in [6.45, 7) is 5.63. The molecule has 0 radical (unpaired) electrons. The van der Waals surface area contributed by atoms with E-state index in [9.17, 15) is 13.2 Å². The maximum Gasteiger partial charge on any atom is 0.246 e. The molecule has 1 saturated carbocycles. The third kappa shape index (κ3) is 4.72. The van der Waals surface area contributed by atoms with Crippen LogP contribution in [0.1, 0.15) is 49.8 Å². The van der Waals surface area contributed by atoms with Crippen molar-refractivity contribution in [1.82, 2.24) is 19.4 Å². The first kappa shape index (κ1) is 21.6. The molecule has 0 aliphatic heterocycles. The molecule has 1 aliphatic rings. The van der Waals surface area contributed by atoms with E-state index in [4.69, 9.17) is 4.42 Å². The number of nitrogens with one attached hydrogen (secondary N) is 1. The van der Waals surface area contributed by atoms with Crippen molar-refractivity contribution in [2.24, 2.45) is 5.92 Å². The second-order valence-electron chi connectivity index (χ2n) is 7.93. The molecule has 8 nitrogen and oxygen atoms in total. The van der Waals surface area contributed by atoms with Gasteiger partial charge in [0.05, 0.1) is 24.2 Å². The van der Waals surface area contributed by atoms with E-state index in [1.165, 1.54) is 28.7 Å². The van der Waals surface area contributed by atoms with E-state index < -0.39 is 10.0 Å². The Hall–Kier alpha value is -2.13. The molecule has 1 N–H and O–H groups in total. The van der Waals surface area contributed by atoms with Crippen molar-refractivity contribution in [3.63, 3.8) is 0 Å². The molecule has 9 heteroatoms. The summed E-state index contributed by atoms with van der Waals surface area (Å²) in [6, 6.07) is 3.62. The van der Waals surface area contributed by atoms with E-state index in [0.29, 0.717) is 23.1 Å². The third-order valence-corrected chi connectivity index (χ3v) is 7.75. The topological polar surface area (TPSA) is 97.4 Å². The fraction of sp³-hybridized carbons (Fsp3) is 0.600. The van der Waals surface area contributed by atoms with Gasteiger partial charge in [0.25, 0.3) is 0 Å². The quantitative estimate of drug-likeness (QED) is 0.740. The average molecular weight is 423 g/mol. The molecule has 2 aromatic rings. The molecule has 1 aliphatic carbocycles. The van der Waals surface area contributed by atoms with Crippen LogP contribution in [0.2, 0.25) is 0 Å². The van der Waals surface area contributed by atoms with Gasteiger partial charge in [0.15, 0.2) is 0 Å². The summed E-state index contributed by atoms with van der Waals surface area (Å²) in [4.78, 5) is 12.7. The Morgan fingerprint density at radius 2 is 2.07 bits per heavy atom. The van der Waals surface area contributed by atoms with Crippen LogP contribution < -0.4 is 5.32 Å². The molecule has 2 heterocycles. The summed E-state index contributed by atoms with van der Waals surface area (Å²) in [5.74, 6) is 0.876. The number of rotatable bonds is 7. The lowest BCUT2D eigenvalue weighted by molar-refractivity contribution is -0.123. The summed E-state index contributed by atoms with van der Waals surface area (Å²) in [7, 11) is -2.26. The van der Waals surface area contributed by atoms with Gasteiger partial charge < -0.3 is 9.73 Å². The van der Waals surface area contributed by atoms with Crippen LogP contribution in [-0.2, 0) is 27.9 Å². The predicted molar refractivity (Wildman–Crippen MR) is 109 cm³/mol. The van der Waals surface area contributed by atoms with Crippen LogP contribution in [0, 0.1) is 19.8 Å². The fourth-order valence-electron chi connectivity index (χ4n) is 3.99. The van der Waals surface area contributed by atoms with Crippen LogP contribution in [0.25, 0.3) is 0 Å². The van der Waals surface area contributed by atoms with Crippen molar-refractivity contribution in [3.05, 3.63) is 35.5 Å². The lowest BCUT2D eigenvalue weighted by atomic mass is 9.86. The van der Waals surface area contributed by atoms with E-state index in [1.807, 2.05) is 0 Å². The molecule has 0 unspecified atom stereocenters. The average Bonchev–Trinajstić information content (AvgIpc) is 3.25. The monoisotopic (exact) mass is 422 g/mol. The summed E-state index contributed by atoms with van der Waals surface area (Å²) >= 11 is 0. The van der Waals surface area contributed by atoms with Crippen molar-refractivity contribution in [2.45, 2.75) is 70.5 Å². The number of aromatic nitrogens is 2.